The van der Waals surface area contributed by atoms with Crippen LogP contribution in [0.4, 0.5) is 9.52 Å². The van der Waals surface area contributed by atoms with Crippen LogP contribution in [0.1, 0.15) is 16.1 Å². The SMILES string of the molecule is COCc1nnc(N2CCc3cc(Cl)cc(F)c3C2)s1. The zero-order valence-corrected chi connectivity index (χ0v) is 12.5. The van der Waals surface area contributed by atoms with Crippen LogP contribution in [0.3, 0.4) is 0 Å². The van der Waals surface area contributed by atoms with E-state index in [9.17, 15) is 4.39 Å². The first kappa shape index (κ1) is 13.7. The lowest BCUT2D eigenvalue weighted by atomic mass is 9.99. The van der Waals surface area contributed by atoms with Crippen molar-refractivity contribution in [2.24, 2.45) is 0 Å². The van der Waals surface area contributed by atoms with Crippen molar-refractivity contribution < 1.29 is 9.13 Å². The fourth-order valence-corrected chi connectivity index (χ4v) is 3.36. The van der Waals surface area contributed by atoms with Crippen LogP contribution in [0, 0.1) is 5.82 Å². The highest BCUT2D eigenvalue weighted by atomic mass is 35.5. The third kappa shape index (κ3) is 2.63. The highest BCUT2D eigenvalue weighted by molar-refractivity contribution is 7.15. The molecule has 0 bridgehead atoms. The molecule has 2 heterocycles. The van der Waals surface area contributed by atoms with Crippen molar-refractivity contribution in [3.8, 4) is 0 Å². The molecular weight excluding hydrogens is 301 g/mol. The first-order valence-corrected chi connectivity index (χ1v) is 7.40. The first-order valence-electron chi connectivity index (χ1n) is 6.20. The number of rotatable bonds is 3. The second kappa shape index (κ2) is 5.63. The molecule has 1 aromatic carbocycles. The monoisotopic (exact) mass is 313 g/mol. The molecule has 0 aliphatic carbocycles. The minimum atomic E-state index is -0.251. The molecule has 7 heteroatoms. The van der Waals surface area contributed by atoms with Crippen LogP contribution in [0.5, 0.6) is 0 Å². The lowest BCUT2D eigenvalue weighted by molar-refractivity contribution is 0.184. The average molecular weight is 314 g/mol. The van der Waals surface area contributed by atoms with Crippen molar-refractivity contribution >= 4 is 28.1 Å². The topological polar surface area (TPSA) is 38.3 Å². The molecule has 106 valence electrons. The Hall–Kier alpha value is -1.24. The highest BCUT2D eigenvalue weighted by Crippen LogP contribution is 2.30. The largest absolute Gasteiger partial charge is 0.377 e. The number of halogens is 2. The van der Waals surface area contributed by atoms with Crippen LogP contribution < -0.4 is 4.90 Å². The van der Waals surface area contributed by atoms with Crippen LogP contribution >= 0.6 is 22.9 Å². The number of hydrogen-bond donors (Lipinski definition) is 0. The summed E-state index contributed by atoms with van der Waals surface area (Å²) in [6.07, 6.45) is 0.756. The van der Waals surface area contributed by atoms with Crippen molar-refractivity contribution in [3.05, 3.63) is 39.1 Å². The van der Waals surface area contributed by atoms with Gasteiger partial charge in [0.05, 0.1) is 0 Å². The number of benzene rings is 1. The number of nitrogens with zero attached hydrogens (tertiary/aromatic N) is 3. The van der Waals surface area contributed by atoms with E-state index in [-0.39, 0.29) is 5.82 Å². The first-order chi connectivity index (χ1) is 9.67. The Morgan fingerprint density at radius 1 is 1.45 bits per heavy atom. The minimum Gasteiger partial charge on any atom is -0.377 e. The van der Waals surface area contributed by atoms with Crippen molar-refractivity contribution in [2.45, 2.75) is 19.6 Å². The van der Waals surface area contributed by atoms with Crippen LogP contribution in [0.15, 0.2) is 12.1 Å². The molecule has 0 N–H and O–H groups in total. The Balaban J connectivity index is 1.84. The van der Waals surface area contributed by atoms with Gasteiger partial charge in [0, 0.05) is 30.8 Å². The molecule has 2 aromatic rings. The highest BCUT2D eigenvalue weighted by Gasteiger charge is 2.22. The summed E-state index contributed by atoms with van der Waals surface area (Å²) >= 11 is 7.36. The molecular formula is C13H13ClFN3OS. The minimum absolute atomic E-state index is 0.251. The summed E-state index contributed by atoms with van der Waals surface area (Å²) in [5.74, 6) is -0.251. The van der Waals surface area contributed by atoms with Crippen molar-refractivity contribution in [3.63, 3.8) is 0 Å². The maximum atomic E-state index is 14.0. The smallest absolute Gasteiger partial charge is 0.208 e. The fraction of sp³-hybridized carbons (Fsp3) is 0.385. The molecule has 0 saturated carbocycles. The van der Waals surface area contributed by atoms with E-state index < -0.39 is 0 Å². The Morgan fingerprint density at radius 2 is 2.30 bits per heavy atom. The number of anilines is 1. The second-order valence-corrected chi connectivity index (χ2v) is 6.09. The van der Waals surface area contributed by atoms with Gasteiger partial charge < -0.3 is 9.64 Å². The number of fused-ring (bicyclic) bond motifs is 1. The molecule has 0 fully saturated rings. The molecule has 0 amide bonds. The van der Waals surface area contributed by atoms with E-state index in [1.165, 1.54) is 17.4 Å². The summed E-state index contributed by atoms with van der Waals surface area (Å²) in [6, 6.07) is 3.20. The Kier molecular flexibility index (Phi) is 3.87. The van der Waals surface area contributed by atoms with E-state index in [1.54, 1.807) is 7.11 Å². The predicted molar refractivity (Wildman–Crippen MR) is 76.8 cm³/mol. The summed E-state index contributed by atoms with van der Waals surface area (Å²) in [5.41, 5.74) is 1.68. The van der Waals surface area contributed by atoms with Gasteiger partial charge in [0.15, 0.2) is 0 Å². The molecule has 3 rings (SSSR count). The lowest BCUT2D eigenvalue weighted by Gasteiger charge is -2.28. The van der Waals surface area contributed by atoms with Gasteiger partial charge in [0.1, 0.15) is 17.4 Å². The van der Waals surface area contributed by atoms with E-state index in [2.05, 4.69) is 10.2 Å². The summed E-state index contributed by atoms with van der Waals surface area (Å²) in [5, 5.41) is 10.3. The van der Waals surface area contributed by atoms with Crippen molar-refractivity contribution in [1.29, 1.82) is 0 Å². The molecule has 1 aliphatic rings. The summed E-state index contributed by atoms with van der Waals surface area (Å²) < 4.78 is 19.0. The average Bonchev–Trinajstić information content (AvgIpc) is 2.87. The molecule has 1 aliphatic heterocycles. The molecule has 0 spiro atoms. The van der Waals surface area contributed by atoms with Crippen molar-refractivity contribution in [2.75, 3.05) is 18.6 Å². The maximum absolute atomic E-state index is 14.0. The second-order valence-electron chi connectivity index (χ2n) is 4.61. The quantitative estimate of drug-likeness (QED) is 0.873. The van der Waals surface area contributed by atoms with Crippen molar-refractivity contribution in [1.82, 2.24) is 10.2 Å². The molecule has 0 unspecified atom stereocenters. The predicted octanol–water partition coefficient (Wildman–Crippen LogP) is 3.04. The zero-order valence-electron chi connectivity index (χ0n) is 10.9. The van der Waals surface area contributed by atoms with Crippen LogP contribution in [-0.2, 0) is 24.3 Å². The lowest BCUT2D eigenvalue weighted by Crippen LogP contribution is -2.31. The maximum Gasteiger partial charge on any atom is 0.208 e. The van der Waals surface area contributed by atoms with Gasteiger partial charge in [0.25, 0.3) is 0 Å². The summed E-state index contributed by atoms with van der Waals surface area (Å²) in [6.45, 7) is 1.74. The number of ether oxygens (including phenoxy) is 1. The van der Waals surface area contributed by atoms with Crippen LogP contribution in [0.25, 0.3) is 0 Å². The van der Waals surface area contributed by atoms with E-state index in [0.29, 0.717) is 23.7 Å². The standard InChI is InChI=1S/C13H13ClFN3OS/c1-19-7-12-16-17-13(20-12)18-3-2-8-4-9(14)5-11(15)10(8)6-18/h4-5H,2-3,6-7H2,1H3. The number of hydrogen-bond acceptors (Lipinski definition) is 5. The van der Waals surface area contributed by atoms with Gasteiger partial charge in [-0.2, -0.15) is 0 Å². The molecule has 0 atom stereocenters. The van der Waals surface area contributed by atoms with E-state index in [0.717, 1.165) is 28.7 Å². The van der Waals surface area contributed by atoms with Gasteiger partial charge in [-0.1, -0.05) is 22.9 Å². The van der Waals surface area contributed by atoms with Gasteiger partial charge >= 0.3 is 0 Å². The third-order valence-electron chi connectivity index (χ3n) is 3.25. The Bertz CT molecular complexity index is 634. The van der Waals surface area contributed by atoms with E-state index in [1.807, 2.05) is 11.0 Å². The summed E-state index contributed by atoms with van der Waals surface area (Å²) in [7, 11) is 1.62. The zero-order chi connectivity index (χ0) is 14.1. The number of aromatic nitrogens is 2. The molecule has 20 heavy (non-hydrogen) atoms. The molecule has 0 saturated heterocycles. The van der Waals surface area contributed by atoms with Gasteiger partial charge in [-0.15, -0.1) is 10.2 Å². The van der Waals surface area contributed by atoms with Gasteiger partial charge in [-0.3, -0.25) is 0 Å². The third-order valence-corrected chi connectivity index (χ3v) is 4.42. The Morgan fingerprint density at radius 3 is 3.10 bits per heavy atom. The van der Waals surface area contributed by atoms with Gasteiger partial charge in [0.2, 0.25) is 5.13 Å². The normalized spacial score (nSPS) is 14.4. The summed E-state index contributed by atoms with van der Waals surface area (Å²) in [4.78, 5) is 2.04. The molecule has 0 radical (unpaired) electrons. The molecule has 4 nitrogen and oxygen atoms in total. The number of methoxy groups -OCH3 is 1. The van der Waals surface area contributed by atoms with E-state index >= 15 is 0 Å². The van der Waals surface area contributed by atoms with E-state index in [4.69, 9.17) is 16.3 Å². The van der Waals surface area contributed by atoms with Gasteiger partial charge in [-0.05, 0) is 24.1 Å². The fourth-order valence-electron chi connectivity index (χ4n) is 2.30. The van der Waals surface area contributed by atoms with Gasteiger partial charge in [-0.25, -0.2) is 4.39 Å². The van der Waals surface area contributed by atoms with Crippen LogP contribution in [-0.4, -0.2) is 23.9 Å². The van der Waals surface area contributed by atoms with Crippen LogP contribution in [0.2, 0.25) is 5.02 Å². The Labute approximate surface area is 125 Å². The molecule has 1 aromatic heterocycles.